The van der Waals surface area contributed by atoms with Crippen LogP contribution in [0.3, 0.4) is 0 Å². The quantitative estimate of drug-likeness (QED) is 0.816. The van der Waals surface area contributed by atoms with Crippen molar-refractivity contribution in [3.8, 4) is 6.07 Å². The maximum Gasteiger partial charge on any atom is 0.116 e. The van der Waals surface area contributed by atoms with Crippen LogP contribution < -0.4 is 5.32 Å². The van der Waals surface area contributed by atoms with Gasteiger partial charge in [-0.1, -0.05) is 6.92 Å². The molecule has 1 atom stereocenters. The molecule has 0 aliphatic heterocycles. The Morgan fingerprint density at radius 3 is 2.33 bits per heavy atom. The van der Waals surface area contributed by atoms with Crippen LogP contribution in [0.2, 0.25) is 0 Å². The number of nitrogens with zero attached hydrogens (tertiary/aromatic N) is 2. The molecule has 1 N–H and O–H groups in total. The van der Waals surface area contributed by atoms with Crippen LogP contribution in [0.4, 0.5) is 0 Å². The molecular weight excluding hydrogens is 222 g/mol. The Kier molecular flexibility index (Phi) is 5.62. The van der Waals surface area contributed by atoms with Crippen molar-refractivity contribution >= 4 is 0 Å². The Morgan fingerprint density at radius 1 is 1.33 bits per heavy atom. The SMILES string of the molecule is CC1CCC(N(C)CC(C)(C#N)NC(C)C)CC1. The average molecular weight is 251 g/mol. The van der Waals surface area contributed by atoms with E-state index >= 15 is 0 Å². The van der Waals surface area contributed by atoms with Gasteiger partial charge < -0.3 is 4.90 Å². The fourth-order valence-corrected chi connectivity index (χ4v) is 3.06. The first kappa shape index (κ1) is 15.5. The lowest BCUT2D eigenvalue weighted by Gasteiger charge is -2.38. The van der Waals surface area contributed by atoms with Gasteiger partial charge >= 0.3 is 0 Å². The van der Waals surface area contributed by atoms with E-state index < -0.39 is 5.54 Å². The predicted molar refractivity (Wildman–Crippen MR) is 76.3 cm³/mol. The van der Waals surface area contributed by atoms with Gasteiger partial charge in [0.05, 0.1) is 6.07 Å². The topological polar surface area (TPSA) is 39.1 Å². The first-order chi connectivity index (χ1) is 8.36. The van der Waals surface area contributed by atoms with Crippen LogP contribution in [0.1, 0.15) is 53.4 Å². The molecule has 3 heteroatoms. The molecule has 0 bridgehead atoms. The molecule has 1 unspecified atom stereocenters. The van der Waals surface area contributed by atoms with Gasteiger partial charge in [0, 0.05) is 18.6 Å². The molecule has 0 saturated heterocycles. The van der Waals surface area contributed by atoms with Crippen LogP contribution >= 0.6 is 0 Å². The van der Waals surface area contributed by atoms with E-state index in [0.29, 0.717) is 12.1 Å². The summed E-state index contributed by atoms with van der Waals surface area (Å²) < 4.78 is 0. The Labute approximate surface area is 113 Å². The van der Waals surface area contributed by atoms with Gasteiger partial charge in [0.15, 0.2) is 0 Å². The molecule has 0 heterocycles. The summed E-state index contributed by atoms with van der Waals surface area (Å²) in [5.41, 5.74) is -0.439. The molecule has 1 rings (SSSR count). The van der Waals surface area contributed by atoms with Crippen molar-refractivity contribution in [2.75, 3.05) is 13.6 Å². The predicted octanol–water partition coefficient (Wildman–Crippen LogP) is 2.78. The molecule has 0 spiro atoms. The number of nitrogens with one attached hydrogen (secondary N) is 1. The van der Waals surface area contributed by atoms with Crippen LogP contribution in [-0.2, 0) is 0 Å². The summed E-state index contributed by atoms with van der Waals surface area (Å²) >= 11 is 0. The molecule has 0 aromatic carbocycles. The van der Waals surface area contributed by atoms with Gasteiger partial charge in [-0.05, 0) is 59.4 Å². The molecule has 0 radical (unpaired) electrons. The van der Waals surface area contributed by atoms with E-state index in [1.807, 2.05) is 6.92 Å². The number of hydrogen-bond acceptors (Lipinski definition) is 3. The van der Waals surface area contributed by atoms with E-state index in [1.165, 1.54) is 25.7 Å². The third-order valence-electron chi connectivity index (χ3n) is 4.03. The molecule has 1 aliphatic carbocycles. The summed E-state index contributed by atoms with van der Waals surface area (Å²) in [5.74, 6) is 0.880. The molecule has 3 nitrogen and oxygen atoms in total. The van der Waals surface area contributed by atoms with Crippen LogP contribution in [0.25, 0.3) is 0 Å². The fourth-order valence-electron chi connectivity index (χ4n) is 3.06. The fraction of sp³-hybridized carbons (Fsp3) is 0.933. The summed E-state index contributed by atoms with van der Waals surface area (Å²) in [6, 6.07) is 3.43. The molecular formula is C15H29N3. The van der Waals surface area contributed by atoms with E-state index in [1.54, 1.807) is 0 Å². The highest BCUT2D eigenvalue weighted by atomic mass is 15.2. The van der Waals surface area contributed by atoms with Crippen molar-refractivity contribution in [1.82, 2.24) is 10.2 Å². The Balaban J connectivity index is 2.52. The van der Waals surface area contributed by atoms with E-state index in [9.17, 15) is 5.26 Å². The number of likely N-dealkylation sites (N-methyl/N-ethyl adjacent to an activating group) is 1. The van der Waals surface area contributed by atoms with Crippen LogP contribution in [0.15, 0.2) is 0 Å². The van der Waals surface area contributed by atoms with Gasteiger partial charge in [-0.3, -0.25) is 5.32 Å². The van der Waals surface area contributed by atoms with Gasteiger partial charge in [0.25, 0.3) is 0 Å². The van der Waals surface area contributed by atoms with Crippen LogP contribution in [0, 0.1) is 17.2 Å². The second-order valence-corrected chi connectivity index (χ2v) is 6.57. The summed E-state index contributed by atoms with van der Waals surface area (Å²) in [5, 5.41) is 12.8. The zero-order valence-electron chi connectivity index (χ0n) is 12.7. The highest BCUT2D eigenvalue weighted by Gasteiger charge is 2.30. The van der Waals surface area contributed by atoms with Crippen LogP contribution in [0.5, 0.6) is 0 Å². The van der Waals surface area contributed by atoms with Gasteiger partial charge in [0.2, 0.25) is 0 Å². The maximum atomic E-state index is 9.38. The van der Waals surface area contributed by atoms with E-state index in [2.05, 4.69) is 44.1 Å². The lowest BCUT2D eigenvalue weighted by atomic mass is 9.86. The normalized spacial score (nSPS) is 28.1. The van der Waals surface area contributed by atoms with Crippen molar-refractivity contribution in [3.05, 3.63) is 0 Å². The summed E-state index contributed by atoms with van der Waals surface area (Å²) in [6.45, 7) is 9.35. The van der Waals surface area contributed by atoms with Gasteiger partial charge in [-0.2, -0.15) is 5.26 Å². The Hall–Kier alpha value is -0.590. The van der Waals surface area contributed by atoms with E-state index in [0.717, 1.165) is 12.5 Å². The van der Waals surface area contributed by atoms with Crippen molar-refractivity contribution in [2.45, 2.75) is 71.0 Å². The number of rotatable bonds is 5. The minimum absolute atomic E-state index is 0.342. The second kappa shape index (κ2) is 6.54. The molecule has 0 aromatic heterocycles. The standard InChI is InChI=1S/C15H29N3/c1-12(2)17-15(4,10-16)11-18(5)14-8-6-13(3)7-9-14/h12-14,17H,6-9,11H2,1-5H3. The van der Waals surface area contributed by atoms with Crippen molar-refractivity contribution < 1.29 is 0 Å². The maximum absolute atomic E-state index is 9.38. The van der Waals surface area contributed by atoms with Gasteiger partial charge in [0.1, 0.15) is 5.54 Å². The lowest BCUT2D eigenvalue weighted by Crippen LogP contribution is -2.54. The molecule has 0 amide bonds. The summed E-state index contributed by atoms with van der Waals surface area (Å²) in [4.78, 5) is 2.38. The minimum Gasteiger partial charge on any atom is -0.301 e. The summed E-state index contributed by atoms with van der Waals surface area (Å²) in [7, 11) is 2.16. The van der Waals surface area contributed by atoms with Gasteiger partial charge in [-0.15, -0.1) is 0 Å². The van der Waals surface area contributed by atoms with Crippen molar-refractivity contribution in [1.29, 1.82) is 5.26 Å². The minimum atomic E-state index is -0.439. The average Bonchev–Trinajstić information content (AvgIpc) is 2.28. The van der Waals surface area contributed by atoms with Crippen molar-refractivity contribution in [3.63, 3.8) is 0 Å². The highest BCUT2D eigenvalue weighted by molar-refractivity contribution is 5.06. The largest absolute Gasteiger partial charge is 0.301 e. The lowest BCUT2D eigenvalue weighted by molar-refractivity contribution is 0.143. The summed E-state index contributed by atoms with van der Waals surface area (Å²) in [6.07, 6.45) is 5.22. The Morgan fingerprint density at radius 2 is 1.89 bits per heavy atom. The first-order valence-electron chi connectivity index (χ1n) is 7.25. The van der Waals surface area contributed by atoms with Crippen molar-refractivity contribution in [2.24, 2.45) is 5.92 Å². The molecule has 1 fully saturated rings. The molecule has 0 aromatic rings. The Bertz CT molecular complexity index is 287. The monoisotopic (exact) mass is 251 g/mol. The second-order valence-electron chi connectivity index (χ2n) is 6.57. The molecule has 1 aliphatic rings. The molecule has 104 valence electrons. The smallest absolute Gasteiger partial charge is 0.116 e. The third kappa shape index (κ3) is 4.59. The van der Waals surface area contributed by atoms with Crippen LogP contribution in [-0.4, -0.2) is 36.1 Å². The van der Waals surface area contributed by atoms with E-state index in [4.69, 9.17) is 0 Å². The van der Waals surface area contributed by atoms with E-state index in [-0.39, 0.29) is 0 Å². The zero-order valence-corrected chi connectivity index (χ0v) is 12.7. The molecule has 18 heavy (non-hydrogen) atoms. The number of nitriles is 1. The van der Waals surface area contributed by atoms with Gasteiger partial charge in [-0.25, -0.2) is 0 Å². The number of hydrogen-bond donors (Lipinski definition) is 1. The molecule has 1 saturated carbocycles. The highest BCUT2D eigenvalue weighted by Crippen LogP contribution is 2.27. The third-order valence-corrected chi connectivity index (χ3v) is 4.03. The zero-order chi connectivity index (χ0) is 13.8. The first-order valence-corrected chi connectivity index (χ1v) is 7.25.